The Hall–Kier alpha value is -2.20. The van der Waals surface area contributed by atoms with Gasteiger partial charge in [-0.2, -0.15) is 8.42 Å². The smallest absolute Gasteiger partial charge is 0.397 e. The average molecular weight is 633 g/mol. The van der Waals surface area contributed by atoms with Crippen LogP contribution in [0.2, 0.25) is 0 Å². The van der Waals surface area contributed by atoms with Crippen LogP contribution in [0.3, 0.4) is 0 Å². The predicted octanol–water partition coefficient (Wildman–Crippen LogP) is 3.11. The van der Waals surface area contributed by atoms with Crippen molar-refractivity contribution in [1.29, 1.82) is 0 Å². The predicted molar refractivity (Wildman–Crippen MR) is 160 cm³/mol. The second-order valence-corrected chi connectivity index (χ2v) is 10.6. The summed E-state index contributed by atoms with van der Waals surface area (Å²) in [5, 5.41) is 30.0. The summed E-state index contributed by atoms with van der Waals surface area (Å²) in [6.07, 6.45) is 17.1. The van der Waals surface area contributed by atoms with Crippen molar-refractivity contribution in [2.75, 3.05) is 26.4 Å². The lowest BCUT2D eigenvalue weighted by Crippen LogP contribution is -2.60. The van der Waals surface area contributed by atoms with E-state index in [1.807, 2.05) is 12.2 Å². The van der Waals surface area contributed by atoms with Gasteiger partial charge in [-0.15, -0.1) is 0 Å². The highest BCUT2D eigenvalue weighted by molar-refractivity contribution is 7.80. The monoisotopic (exact) mass is 632 g/mol. The van der Waals surface area contributed by atoms with Gasteiger partial charge >= 0.3 is 16.4 Å². The number of hydrogen-bond donors (Lipinski definition) is 4. The fourth-order valence-corrected chi connectivity index (χ4v) is 4.28. The van der Waals surface area contributed by atoms with Gasteiger partial charge in [-0.05, 0) is 38.5 Å². The first-order valence-corrected chi connectivity index (χ1v) is 15.9. The van der Waals surface area contributed by atoms with Crippen molar-refractivity contribution in [3.63, 3.8) is 0 Å². The van der Waals surface area contributed by atoms with Gasteiger partial charge in [-0.25, -0.2) is 4.18 Å². The molecule has 0 aromatic heterocycles. The van der Waals surface area contributed by atoms with E-state index in [2.05, 4.69) is 59.7 Å². The van der Waals surface area contributed by atoms with Gasteiger partial charge in [0, 0.05) is 6.42 Å². The molecule has 0 aromatic rings. The van der Waals surface area contributed by atoms with Crippen LogP contribution < -0.4 is 0 Å². The van der Waals surface area contributed by atoms with E-state index in [4.69, 9.17) is 23.5 Å². The summed E-state index contributed by atoms with van der Waals surface area (Å²) in [7, 11) is -5.05. The normalized spacial score (nSPS) is 24.3. The van der Waals surface area contributed by atoms with E-state index in [-0.39, 0.29) is 19.6 Å². The van der Waals surface area contributed by atoms with Crippen LogP contribution in [0.5, 0.6) is 0 Å². The molecular formula is C30H48O12S. The molecule has 0 bridgehead atoms. The van der Waals surface area contributed by atoms with Crippen molar-refractivity contribution in [3.8, 4) is 0 Å². The lowest BCUT2D eigenvalue weighted by Gasteiger charge is -2.41. The minimum Gasteiger partial charge on any atom is -0.457 e. The number of rotatable bonds is 22. The molecule has 246 valence electrons. The highest BCUT2D eigenvalue weighted by atomic mass is 32.3. The Bertz CT molecular complexity index is 1000. The standard InChI is InChI=1S/C30H48O12S/c1-3-5-6-7-8-9-10-11-12-13-14-15-16-17-18-19-20-38-22-24(40-26(32)4-2)23-39-30-28(34)29(42-43(35,36)37)27(33)25(21-31)41-30/h5-6,8-9,11-12,14-15,17-18,24-25,27-31,33-34H,3-4,7,10,13,16,19-23H2,1-2H3,(H,35,36,37)/b6-5-,9-8-,12-11-,15-14-,18-17-. The van der Waals surface area contributed by atoms with Crippen molar-refractivity contribution in [2.24, 2.45) is 0 Å². The number of aliphatic hydroxyl groups excluding tert-OH is 3. The Morgan fingerprint density at radius 3 is 1.93 bits per heavy atom. The van der Waals surface area contributed by atoms with Crippen LogP contribution >= 0.6 is 0 Å². The van der Waals surface area contributed by atoms with E-state index in [0.29, 0.717) is 13.0 Å². The second-order valence-electron chi connectivity index (χ2n) is 9.57. The number of carbonyl (C=O) groups excluding carboxylic acids is 1. The van der Waals surface area contributed by atoms with E-state index >= 15 is 0 Å². The summed E-state index contributed by atoms with van der Waals surface area (Å²) in [6, 6.07) is 0. The van der Waals surface area contributed by atoms with E-state index in [0.717, 1.165) is 32.1 Å². The van der Waals surface area contributed by atoms with E-state index in [9.17, 15) is 28.5 Å². The Kier molecular flexibility index (Phi) is 21.0. The SMILES string of the molecule is CC/C=C\C/C=C\C/C=C\C/C=C\C/C=C\CCOCC(COC1OC(CO)C(O)C(OS(=O)(=O)O)C1O)OC(=O)CC. The Morgan fingerprint density at radius 2 is 1.42 bits per heavy atom. The molecule has 0 aromatic carbocycles. The third-order valence-electron chi connectivity index (χ3n) is 5.98. The molecule has 4 N–H and O–H groups in total. The van der Waals surface area contributed by atoms with Crippen molar-refractivity contribution in [1.82, 2.24) is 0 Å². The Morgan fingerprint density at radius 1 is 0.860 bits per heavy atom. The van der Waals surface area contributed by atoms with E-state index in [1.165, 1.54) is 0 Å². The fraction of sp³-hybridized carbons (Fsp3) is 0.633. The molecule has 13 heteroatoms. The van der Waals surface area contributed by atoms with E-state index in [1.54, 1.807) is 6.92 Å². The lowest BCUT2D eigenvalue weighted by atomic mass is 9.99. The van der Waals surface area contributed by atoms with Crippen molar-refractivity contribution >= 4 is 16.4 Å². The first-order chi connectivity index (χ1) is 20.6. The molecule has 12 nitrogen and oxygen atoms in total. The molecule has 43 heavy (non-hydrogen) atoms. The van der Waals surface area contributed by atoms with Crippen LogP contribution in [0.4, 0.5) is 0 Å². The van der Waals surface area contributed by atoms with Crippen LogP contribution in [0.25, 0.3) is 0 Å². The van der Waals surface area contributed by atoms with Crippen LogP contribution in [0.1, 0.15) is 58.8 Å². The maximum absolute atomic E-state index is 11.9. The minimum absolute atomic E-state index is 0.0315. The first kappa shape index (κ1) is 38.8. The van der Waals surface area contributed by atoms with Crippen molar-refractivity contribution in [2.45, 2.75) is 95.6 Å². The fourth-order valence-electron chi connectivity index (χ4n) is 3.77. The van der Waals surface area contributed by atoms with Crippen molar-refractivity contribution < 1.29 is 56.2 Å². The van der Waals surface area contributed by atoms with Crippen LogP contribution in [-0.4, -0.2) is 97.5 Å². The summed E-state index contributed by atoms with van der Waals surface area (Å²) in [5.74, 6) is -0.517. The molecule has 1 saturated heterocycles. The number of hydrogen-bond acceptors (Lipinski definition) is 11. The summed E-state index contributed by atoms with van der Waals surface area (Å²) >= 11 is 0. The molecule has 0 aliphatic carbocycles. The third kappa shape index (κ3) is 18.3. The number of aliphatic hydroxyl groups is 3. The molecule has 1 rings (SSSR count). The lowest BCUT2D eigenvalue weighted by molar-refractivity contribution is -0.301. The van der Waals surface area contributed by atoms with Gasteiger partial charge in [-0.3, -0.25) is 9.35 Å². The molecule has 1 aliphatic rings. The average Bonchev–Trinajstić information content (AvgIpc) is 2.97. The molecule has 6 unspecified atom stereocenters. The zero-order valence-electron chi connectivity index (χ0n) is 25.0. The van der Waals surface area contributed by atoms with Gasteiger partial charge in [0.2, 0.25) is 0 Å². The van der Waals surface area contributed by atoms with Gasteiger partial charge < -0.3 is 34.3 Å². The van der Waals surface area contributed by atoms with E-state index < -0.39 is 59.8 Å². The number of allylic oxidation sites excluding steroid dienone is 9. The highest BCUT2D eigenvalue weighted by Gasteiger charge is 2.48. The summed E-state index contributed by atoms with van der Waals surface area (Å²) in [4.78, 5) is 11.9. The number of ether oxygens (including phenoxy) is 4. The molecule has 0 spiro atoms. The highest BCUT2D eigenvalue weighted by Crippen LogP contribution is 2.25. The zero-order chi connectivity index (χ0) is 31.9. The third-order valence-corrected chi connectivity index (χ3v) is 6.44. The van der Waals surface area contributed by atoms with Gasteiger partial charge in [0.1, 0.15) is 30.5 Å². The maximum atomic E-state index is 11.9. The van der Waals surface area contributed by atoms with Gasteiger partial charge in [0.25, 0.3) is 0 Å². The first-order valence-electron chi connectivity index (χ1n) is 14.5. The molecule has 1 fully saturated rings. The second kappa shape index (κ2) is 23.2. The van der Waals surface area contributed by atoms with Gasteiger partial charge in [-0.1, -0.05) is 74.6 Å². The maximum Gasteiger partial charge on any atom is 0.397 e. The molecule has 1 aliphatic heterocycles. The Balaban J connectivity index is 2.42. The van der Waals surface area contributed by atoms with Crippen molar-refractivity contribution in [3.05, 3.63) is 60.8 Å². The zero-order valence-corrected chi connectivity index (χ0v) is 25.8. The quantitative estimate of drug-likeness (QED) is 0.0594. The molecule has 0 amide bonds. The minimum atomic E-state index is -5.05. The largest absolute Gasteiger partial charge is 0.457 e. The molecule has 0 saturated carbocycles. The summed E-state index contributed by atoms with van der Waals surface area (Å²) in [6.45, 7) is 2.97. The van der Waals surface area contributed by atoms with Gasteiger partial charge in [0.15, 0.2) is 6.29 Å². The Labute approximate surface area is 255 Å². The summed E-state index contributed by atoms with van der Waals surface area (Å²) < 4.78 is 57.3. The van der Waals surface area contributed by atoms with Crippen LogP contribution in [0, 0.1) is 0 Å². The summed E-state index contributed by atoms with van der Waals surface area (Å²) in [5.41, 5.74) is 0. The molecular weight excluding hydrogens is 584 g/mol. The molecule has 6 atom stereocenters. The molecule has 0 radical (unpaired) electrons. The van der Waals surface area contributed by atoms with Gasteiger partial charge in [0.05, 0.1) is 26.4 Å². The topological polar surface area (TPSA) is 178 Å². The number of esters is 1. The van der Waals surface area contributed by atoms with Crippen LogP contribution in [0.15, 0.2) is 60.8 Å². The van der Waals surface area contributed by atoms with Crippen LogP contribution in [-0.2, 0) is 38.3 Å². The molecule has 1 heterocycles. The number of carbonyl (C=O) groups is 1.